The van der Waals surface area contributed by atoms with Gasteiger partial charge in [-0.15, -0.1) is 0 Å². The highest BCUT2D eigenvalue weighted by atomic mass is 16.6. The highest BCUT2D eigenvalue weighted by molar-refractivity contribution is 5.75. The SMILES string of the molecule is CC(C)(C)C(=O)OCCOCCOCc1ccccc1. The normalized spacial score (nSPS) is 11.3. The van der Waals surface area contributed by atoms with Crippen molar-refractivity contribution in [3.8, 4) is 0 Å². The molecule has 0 saturated heterocycles. The summed E-state index contributed by atoms with van der Waals surface area (Å²) in [5.74, 6) is -0.207. The van der Waals surface area contributed by atoms with E-state index in [2.05, 4.69) is 0 Å². The Labute approximate surface area is 121 Å². The summed E-state index contributed by atoms with van der Waals surface area (Å²) in [6.07, 6.45) is 0. The van der Waals surface area contributed by atoms with E-state index in [1.807, 2.05) is 51.1 Å². The minimum Gasteiger partial charge on any atom is -0.463 e. The van der Waals surface area contributed by atoms with Gasteiger partial charge in [-0.3, -0.25) is 4.79 Å². The Morgan fingerprint density at radius 1 is 0.950 bits per heavy atom. The van der Waals surface area contributed by atoms with Crippen molar-refractivity contribution in [1.82, 2.24) is 0 Å². The number of rotatable bonds is 8. The molecule has 0 N–H and O–H groups in total. The van der Waals surface area contributed by atoms with Crippen molar-refractivity contribution in [2.24, 2.45) is 5.41 Å². The molecule has 1 aromatic carbocycles. The molecule has 0 atom stereocenters. The second-order valence-electron chi connectivity index (χ2n) is 5.54. The Bertz CT molecular complexity index is 381. The van der Waals surface area contributed by atoms with E-state index >= 15 is 0 Å². The molecular formula is C16H24O4. The lowest BCUT2D eigenvalue weighted by Crippen LogP contribution is -2.24. The molecule has 4 heteroatoms. The third kappa shape index (κ3) is 7.26. The van der Waals surface area contributed by atoms with Crippen molar-refractivity contribution in [1.29, 1.82) is 0 Å². The number of hydrogen-bond donors (Lipinski definition) is 0. The van der Waals surface area contributed by atoms with Gasteiger partial charge in [-0.25, -0.2) is 0 Å². The van der Waals surface area contributed by atoms with E-state index in [0.717, 1.165) is 5.56 Å². The van der Waals surface area contributed by atoms with E-state index in [-0.39, 0.29) is 12.6 Å². The molecule has 0 heterocycles. The number of ether oxygens (including phenoxy) is 3. The predicted octanol–water partition coefficient (Wildman–Crippen LogP) is 2.81. The second-order valence-corrected chi connectivity index (χ2v) is 5.54. The molecule has 0 bridgehead atoms. The van der Waals surface area contributed by atoms with Gasteiger partial charge in [0.1, 0.15) is 6.61 Å². The van der Waals surface area contributed by atoms with Crippen LogP contribution in [-0.4, -0.2) is 32.4 Å². The van der Waals surface area contributed by atoms with E-state index in [9.17, 15) is 4.79 Å². The van der Waals surface area contributed by atoms with Gasteiger partial charge < -0.3 is 14.2 Å². The molecule has 0 aliphatic carbocycles. The maximum absolute atomic E-state index is 11.5. The van der Waals surface area contributed by atoms with Crippen molar-refractivity contribution >= 4 is 5.97 Å². The molecule has 0 aliphatic rings. The van der Waals surface area contributed by atoms with Crippen LogP contribution in [0.4, 0.5) is 0 Å². The number of esters is 1. The zero-order valence-corrected chi connectivity index (χ0v) is 12.6. The first kappa shape index (κ1) is 16.7. The molecule has 0 radical (unpaired) electrons. The third-order valence-electron chi connectivity index (χ3n) is 2.56. The number of carbonyl (C=O) groups is 1. The number of hydrogen-bond acceptors (Lipinski definition) is 4. The molecular weight excluding hydrogens is 256 g/mol. The fourth-order valence-electron chi connectivity index (χ4n) is 1.39. The van der Waals surface area contributed by atoms with E-state index in [1.165, 1.54) is 0 Å². The van der Waals surface area contributed by atoms with Crippen molar-refractivity contribution in [3.63, 3.8) is 0 Å². The Morgan fingerprint density at radius 3 is 2.20 bits per heavy atom. The fraction of sp³-hybridized carbons (Fsp3) is 0.562. The summed E-state index contributed by atoms with van der Waals surface area (Å²) in [6, 6.07) is 9.99. The third-order valence-corrected chi connectivity index (χ3v) is 2.56. The van der Waals surface area contributed by atoms with E-state index in [0.29, 0.717) is 26.4 Å². The number of benzene rings is 1. The maximum Gasteiger partial charge on any atom is 0.311 e. The second kappa shape index (κ2) is 8.72. The molecule has 1 aromatic rings. The first-order valence-corrected chi connectivity index (χ1v) is 6.87. The lowest BCUT2D eigenvalue weighted by Gasteiger charge is -2.16. The van der Waals surface area contributed by atoms with Gasteiger partial charge in [-0.05, 0) is 26.3 Å². The summed E-state index contributed by atoms with van der Waals surface area (Å²) in [7, 11) is 0. The molecule has 20 heavy (non-hydrogen) atoms. The summed E-state index contributed by atoms with van der Waals surface area (Å²) < 4.78 is 15.9. The highest BCUT2D eigenvalue weighted by Gasteiger charge is 2.22. The van der Waals surface area contributed by atoms with Crippen molar-refractivity contribution < 1.29 is 19.0 Å². The monoisotopic (exact) mass is 280 g/mol. The quantitative estimate of drug-likeness (QED) is 0.542. The molecule has 112 valence electrons. The van der Waals surface area contributed by atoms with Crippen LogP contribution in [0.5, 0.6) is 0 Å². The van der Waals surface area contributed by atoms with Gasteiger partial charge in [0.15, 0.2) is 0 Å². The first-order chi connectivity index (χ1) is 9.50. The summed E-state index contributed by atoms with van der Waals surface area (Å²) in [5, 5.41) is 0. The predicted molar refractivity (Wildman–Crippen MR) is 77.3 cm³/mol. The van der Waals surface area contributed by atoms with E-state index < -0.39 is 5.41 Å². The topological polar surface area (TPSA) is 44.8 Å². The summed E-state index contributed by atoms with van der Waals surface area (Å²) >= 11 is 0. The van der Waals surface area contributed by atoms with Crippen molar-refractivity contribution in [3.05, 3.63) is 35.9 Å². The summed E-state index contributed by atoms with van der Waals surface area (Å²) in [6.45, 7) is 7.78. The van der Waals surface area contributed by atoms with Crippen molar-refractivity contribution in [2.45, 2.75) is 27.4 Å². The van der Waals surface area contributed by atoms with Crippen LogP contribution in [0.25, 0.3) is 0 Å². The van der Waals surface area contributed by atoms with Crippen LogP contribution in [0, 0.1) is 5.41 Å². The minimum absolute atomic E-state index is 0.207. The van der Waals surface area contributed by atoms with E-state index in [1.54, 1.807) is 0 Å². The van der Waals surface area contributed by atoms with Crippen LogP contribution in [0.1, 0.15) is 26.3 Å². The molecule has 0 fully saturated rings. The molecule has 4 nitrogen and oxygen atoms in total. The Kier molecular flexibility index (Phi) is 7.26. The largest absolute Gasteiger partial charge is 0.463 e. The lowest BCUT2D eigenvalue weighted by molar-refractivity contribution is -0.154. The van der Waals surface area contributed by atoms with Gasteiger partial charge in [0.05, 0.1) is 31.8 Å². The first-order valence-electron chi connectivity index (χ1n) is 6.87. The van der Waals surface area contributed by atoms with Crippen LogP contribution in [-0.2, 0) is 25.6 Å². The van der Waals surface area contributed by atoms with Gasteiger partial charge in [-0.2, -0.15) is 0 Å². The zero-order valence-electron chi connectivity index (χ0n) is 12.6. The molecule has 0 amide bonds. The number of carbonyl (C=O) groups excluding carboxylic acids is 1. The van der Waals surface area contributed by atoms with Gasteiger partial charge in [0.25, 0.3) is 0 Å². The molecule has 0 aromatic heterocycles. The van der Waals surface area contributed by atoms with Gasteiger partial charge in [0.2, 0.25) is 0 Å². The van der Waals surface area contributed by atoms with Crippen molar-refractivity contribution in [2.75, 3.05) is 26.4 Å². The molecule has 1 rings (SSSR count). The van der Waals surface area contributed by atoms with Gasteiger partial charge >= 0.3 is 5.97 Å². The standard InChI is InChI=1S/C16H24O4/c1-16(2,3)15(17)20-12-11-18-9-10-19-13-14-7-5-4-6-8-14/h4-8H,9-13H2,1-3H3. The average Bonchev–Trinajstić information content (AvgIpc) is 2.41. The van der Waals surface area contributed by atoms with Crippen LogP contribution < -0.4 is 0 Å². The van der Waals surface area contributed by atoms with Crippen LogP contribution in [0.2, 0.25) is 0 Å². The molecule has 0 saturated carbocycles. The summed E-state index contributed by atoms with van der Waals surface area (Å²) in [5.41, 5.74) is 0.685. The van der Waals surface area contributed by atoms with Crippen LogP contribution in [0.15, 0.2) is 30.3 Å². The lowest BCUT2D eigenvalue weighted by atomic mass is 9.97. The summed E-state index contributed by atoms with van der Waals surface area (Å²) in [4.78, 5) is 11.5. The van der Waals surface area contributed by atoms with Crippen LogP contribution >= 0.6 is 0 Å². The molecule has 0 unspecified atom stereocenters. The smallest absolute Gasteiger partial charge is 0.311 e. The van der Waals surface area contributed by atoms with Crippen LogP contribution in [0.3, 0.4) is 0 Å². The minimum atomic E-state index is -0.460. The Morgan fingerprint density at radius 2 is 1.55 bits per heavy atom. The zero-order chi connectivity index (χ0) is 14.8. The molecule has 0 aliphatic heterocycles. The van der Waals surface area contributed by atoms with Gasteiger partial charge in [0, 0.05) is 0 Å². The van der Waals surface area contributed by atoms with E-state index in [4.69, 9.17) is 14.2 Å². The highest BCUT2D eigenvalue weighted by Crippen LogP contribution is 2.14. The molecule has 0 spiro atoms. The fourth-order valence-corrected chi connectivity index (χ4v) is 1.39. The maximum atomic E-state index is 11.5. The average molecular weight is 280 g/mol. The Balaban J connectivity index is 1.94. The van der Waals surface area contributed by atoms with Gasteiger partial charge in [-0.1, -0.05) is 30.3 Å². The Hall–Kier alpha value is -1.39.